The molecule has 0 amide bonds. The predicted octanol–water partition coefficient (Wildman–Crippen LogP) is 5.41. The Balaban J connectivity index is 1.79. The summed E-state index contributed by atoms with van der Waals surface area (Å²) < 4.78 is 12.5. The van der Waals surface area contributed by atoms with Crippen LogP contribution in [0.25, 0.3) is 0 Å². The van der Waals surface area contributed by atoms with Crippen molar-refractivity contribution in [1.29, 1.82) is 0 Å². The summed E-state index contributed by atoms with van der Waals surface area (Å²) in [5.41, 5.74) is 4.28. The number of hydrogen-bond acceptors (Lipinski definition) is 4. The van der Waals surface area contributed by atoms with Crippen LogP contribution in [0.5, 0.6) is 11.5 Å². The molecule has 3 aromatic rings. The zero-order chi connectivity index (χ0) is 20.2. The van der Waals surface area contributed by atoms with Gasteiger partial charge in [0.25, 0.3) is 0 Å². The van der Waals surface area contributed by atoms with Gasteiger partial charge in [-0.15, -0.1) is 0 Å². The first-order valence-electron chi connectivity index (χ1n) is 10.0. The smallest absolute Gasteiger partial charge is 0.340 e. The SMILES string of the molecule is CCCN(C)c1ccc2c(c1)Oc1ccccc1C21OC(=O)c2c(C)cccc21. The molecule has 1 unspecified atom stereocenters. The fourth-order valence-electron chi connectivity index (χ4n) is 4.58. The quantitative estimate of drug-likeness (QED) is 0.565. The number of anilines is 1. The first kappa shape index (κ1) is 17.8. The van der Waals surface area contributed by atoms with E-state index in [1.165, 1.54) is 0 Å². The summed E-state index contributed by atoms with van der Waals surface area (Å²) in [4.78, 5) is 15.2. The fraction of sp³-hybridized carbons (Fsp3) is 0.240. The van der Waals surface area contributed by atoms with Gasteiger partial charge >= 0.3 is 5.97 Å². The molecule has 3 aromatic carbocycles. The van der Waals surface area contributed by atoms with Crippen molar-refractivity contribution in [3.8, 4) is 11.5 Å². The summed E-state index contributed by atoms with van der Waals surface area (Å²) in [6.07, 6.45) is 1.06. The van der Waals surface area contributed by atoms with Crippen molar-refractivity contribution in [2.45, 2.75) is 25.9 Å². The van der Waals surface area contributed by atoms with Gasteiger partial charge in [0.15, 0.2) is 5.60 Å². The molecule has 4 nitrogen and oxygen atoms in total. The van der Waals surface area contributed by atoms with Gasteiger partial charge < -0.3 is 14.4 Å². The lowest BCUT2D eigenvalue weighted by Gasteiger charge is -2.37. The van der Waals surface area contributed by atoms with Crippen molar-refractivity contribution in [1.82, 2.24) is 0 Å². The molecule has 5 rings (SSSR count). The van der Waals surface area contributed by atoms with Gasteiger partial charge in [0.05, 0.1) is 5.56 Å². The zero-order valence-electron chi connectivity index (χ0n) is 16.9. The minimum Gasteiger partial charge on any atom is -0.456 e. The topological polar surface area (TPSA) is 38.8 Å². The molecule has 1 atom stereocenters. The molecule has 0 radical (unpaired) electrons. The number of benzene rings is 3. The standard InChI is InChI=1S/C25H23NO3/c1-4-14-26(3)17-12-13-19-22(15-17)28-21-11-6-5-9-18(21)25(19)20-10-7-8-16(2)23(20)24(27)29-25/h5-13,15H,4,14H2,1-3H3. The number of rotatable bonds is 3. The van der Waals surface area contributed by atoms with Crippen LogP contribution in [0, 0.1) is 6.92 Å². The molecule has 0 saturated carbocycles. The number of fused-ring (bicyclic) bond motifs is 6. The first-order valence-corrected chi connectivity index (χ1v) is 10.0. The van der Waals surface area contributed by atoms with E-state index in [1.54, 1.807) is 0 Å². The van der Waals surface area contributed by atoms with Crippen molar-refractivity contribution >= 4 is 11.7 Å². The van der Waals surface area contributed by atoms with Crippen LogP contribution >= 0.6 is 0 Å². The maximum Gasteiger partial charge on any atom is 0.340 e. The van der Waals surface area contributed by atoms with Crippen molar-refractivity contribution in [3.05, 3.63) is 88.5 Å². The van der Waals surface area contributed by atoms with Gasteiger partial charge in [-0.2, -0.15) is 0 Å². The van der Waals surface area contributed by atoms with Crippen molar-refractivity contribution < 1.29 is 14.3 Å². The Bertz CT molecular complexity index is 1140. The summed E-state index contributed by atoms with van der Waals surface area (Å²) >= 11 is 0. The van der Waals surface area contributed by atoms with Gasteiger partial charge in [0, 0.05) is 42.0 Å². The molecule has 0 aliphatic carbocycles. The van der Waals surface area contributed by atoms with Gasteiger partial charge in [0.1, 0.15) is 11.5 Å². The van der Waals surface area contributed by atoms with Gasteiger partial charge in [-0.1, -0.05) is 43.3 Å². The van der Waals surface area contributed by atoms with Crippen molar-refractivity contribution in [3.63, 3.8) is 0 Å². The minimum absolute atomic E-state index is 0.284. The van der Waals surface area contributed by atoms with Gasteiger partial charge in [-0.3, -0.25) is 0 Å². The number of carbonyl (C=O) groups excluding carboxylic acids is 1. The summed E-state index contributed by atoms with van der Waals surface area (Å²) in [5.74, 6) is 1.16. The lowest BCUT2D eigenvalue weighted by molar-refractivity contribution is 0.0224. The van der Waals surface area contributed by atoms with Crippen LogP contribution in [-0.4, -0.2) is 19.6 Å². The summed E-state index contributed by atoms with van der Waals surface area (Å²) in [5, 5.41) is 0. The van der Waals surface area contributed by atoms with E-state index in [-0.39, 0.29) is 5.97 Å². The largest absolute Gasteiger partial charge is 0.456 e. The Morgan fingerprint density at radius 2 is 1.69 bits per heavy atom. The van der Waals surface area contributed by atoms with E-state index in [4.69, 9.17) is 9.47 Å². The molecule has 0 fully saturated rings. The average molecular weight is 385 g/mol. The third-order valence-electron chi connectivity index (χ3n) is 5.93. The normalized spacial score (nSPS) is 18.5. The van der Waals surface area contributed by atoms with Crippen LogP contribution in [0.4, 0.5) is 5.69 Å². The predicted molar refractivity (Wildman–Crippen MR) is 113 cm³/mol. The number of carbonyl (C=O) groups is 1. The van der Waals surface area contributed by atoms with Crippen molar-refractivity contribution in [2.24, 2.45) is 0 Å². The molecule has 0 saturated heterocycles. The van der Waals surface area contributed by atoms with Gasteiger partial charge in [-0.25, -0.2) is 4.79 Å². The third-order valence-corrected chi connectivity index (χ3v) is 5.93. The second kappa shape index (κ2) is 6.38. The second-order valence-corrected chi connectivity index (χ2v) is 7.77. The monoisotopic (exact) mass is 385 g/mol. The zero-order valence-corrected chi connectivity index (χ0v) is 16.9. The molecule has 0 aromatic heterocycles. The molecule has 0 N–H and O–H groups in total. The Kier molecular flexibility index (Phi) is 3.91. The molecular weight excluding hydrogens is 362 g/mol. The van der Waals surface area contributed by atoms with E-state index < -0.39 is 5.60 Å². The van der Waals surface area contributed by atoms with E-state index in [0.717, 1.165) is 52.4 Å². The molecular formula is C25H23NO3. The van der Waals surface area contributed by atoms with E-state index in [0.29, 0.717) is 5.56 Å². The highest BCUT2D eigenvalue weighted by Gasteiger charge is 2.53. The Morgan fingerprint density at radius 1 is 0.931 bits per heavy atom. The van der Waals surface area contributed by atoms with E-state index in [9.17, 15) is 4.79 Å². The molecule has 0 bridgehead atoms. The van der Waals surface area contributed by atoms with E-state index in [2.05, 4.69) is 24.9 Å². The number of nitrogens with zero attached hydrogens (tertiary/aromatic N) is 1. The van der Waals surface area contributed by atoms with Crippen molar-refractivity contribution in [2.75, 3.05) is 18.5 Å². The lowest BCUT2D eigenvalue weighted by atomic mass is 9.77. The molecule has 4 heteroatoms. The lowest BCUT2D eigenvalue weighted by Crippen LogP contribution is -2.33. The van der Waals surface area contributed by atoms with Crippen LogP contribution in [0.1, 0.15) is 46.0 Å². The van der Waals surface area contributed by atoms with Crippen LogP contribution < -0.4 is 9.64 Å². The van der Waals surface area contributed by atoms with E-state index in [1.807, 2.05) is 61.5 Å². The molecule has 29 heavy (non-hydrogen) atoms. The van der Waals surface area contributed by atoms with Crippen LogP contribution in [0.15, 0.2) is 60.7 Å². The molecule has 2 heterocycles. The number of hydrogen-bond donors (Lipinski definition) is 0. The second-order valence-electron chi connectivity index (χ2n) is 7.77. The fourth-order valence-corrected chi connectivity index (χ4v) is 4.58. The molecule has 1 spiro atoms. The van der Waals surface area contributed by atoms with Gasteiger partial charge in [-0.05, 0) is 37.1 Å². The molecule has 146 valence electrons. The van der Waals surface area contributed by atoms with Crippen LogP contribution in [0.3, 0.4) is 0 Å². The van der Waals surface area contributed by atoms with Crippen LogP contribution in [-0.2, 0) is 10.3 Å². The average Bonchev–Trinajstić information content (AvgIpc) is 3.02. The molecule has 2 aliphatic heterocycles. The summed E-state index contributed by atoms with van der Waals surface area (Å²) in [6, 6.07) is 19.9. The highest BCUT2D eigenvalue weighted by atomic mass is 16.6. The number of aryl methyl sites for hydroxylation is 1. The Labute approximate surface area is 170 Å². The number of para-hydroxylation sites is 1. The minimum atomic E-state index is -0.982. The highest BCUT2D eigenvalue weighted by molar-refractivity contribution is 5.98. The summed E-state index contributed by atoms with van der Waals surface area (Å²) in [6.45, 7) is 5.07. The number of ether oxygens (including phenoxy) is 2. The Hall–Kier alpha value is -3.27. The number of esters is 1. The Morgan fingerprint density at radius 3 is 2.52 bits per heavy atom. The third kappa shape index (κ3) is 2.42. The van der Waals surface area contributed by atoms with Crippen LogP contribution in [0.2, 0.25) is 0 Å². The molecule has 2 aliphatic rings. The maximum absolute atomic E-state index is 13.0. The maximum atomic E-state index is 13.0. The summed E-state index contributed by atoms with van der Waals surface area (Å²) in [7, 11) is 2.08. The first-order chi connectivity index (χ1) is 14.1. The van der Waals surface area contributed by atoms with Gasteiger partial charge in [0.2, 0.25) is 0 Å². The van der Waals surface area contributed by atoms with E-state index >= 15 is 0 Å². The highest BCUT2D eigenvalue weighted by Crippen LogP contribution is 2.56.